The molecule has 1 rings (SSSR count). The quantitative estimate of drug-likeness (QED) is 0.0143. The van der Waals surface area contributed by atoms with Crippen LogP contribution >= 0.6 is 7.82 Å². The van der Waals surface area contributed by atoms with Crippen LogP contribution in [0, 0.1) is 0 Å². The molecule has 20 nitrogen and oxygen atoms in total. The number of carbonyl (C=O) groups excluding carboxylic acids is 6. The van der Waals surface area contributed by atoms with Gasteiger partial charge in [0.1, 0.15) is 36.6 Å². The first-order valence-corrected chi connectivity index (χ1v) is 46.2. The summed E-state index contributed by atoms with van der Waals surface area (Å²) < 4.78 is 49.2. The smallest absolute Gasteiger partial charge is 0.462 e. The monoisotopic (exact) mass is 1540 g/mol. The average Bonchev–Trinajstić information content (AvgIpc) is 0.781. The lowest BCUT2D eigenvalue weighted by Gasteiger charge is -2.46. The summed E-state index contributed by atoms with van der Waals surface area (Å²) in [4.78, 5) is 107. The number of hydrogen-bond donors (Lipinski definition) is 6. The highest BCUT2D eigenvalue weighted by atomic mass is 31.2. The van der Waals surface area contributed by atoms with Gasteiger partial charge in [-0.3, -0.25) is 33.3 Å². The molecular formula is C86H167N4O16P. The molecule has 0 aliphatic carbocycles. The zero-order chi connectivity index (χ0) is 79.1. The molecule has 3 amide bonds. The van der Waals surface area contributed by atoms with Crippen LogP contribution in [0.3, 0.4) is 0 Å². The number of nitrogens with zero attached hydrogens (tertiary/aromatic N) is 1. The largest absolute Gasteiger partial charge is 0.470 e. The summed E-state index contributed by atoms with van der Waals surface area (Å²) in [5, 5.41) is 19.6. The second-order valence-corrected chi connectivity index (χ2v) is 31.9. The van der Waals surface area contributed by atoms with E-state index in [0.717, 1.165) is 167 Å². The molecule has 0 aromatic rings. The van der Waals surface area contributed by atoms with Crippen molar-refractivity contribution in [1.82, 2.24) is 20.9 Å². The van der Waals surface area contributed by atoms with Crippen molar-refractivity contribution in [2.24, 2.45) is 0 Å². The standard InChI is InChI=1S/C80H152N3O16P.C6H15N/c1-7-13-19-25-31-34-40-43-49-55-67(95-74(88)58-52-46-37-28-22-16-10-4)63-71(85)81-61-62-94-80-78(83-73(87)65-69(57-51-45-42-36-33-27-21-15-9-3)97-76(90)60-54-48-39-30-24-18-12-6)77(79(70(66-84)98-80)99-100(91,92)93)82-72(86)64-68(56-50-44-41-35-32-26-20-14-8-2)96-75(89)59-53-47-38-29-23-17-11-5;1-4-7(5-2)6-3/h67-70,77-80,84H,7-66H2,1-6H3,(H,81,85)(H,82,86)(H,83,87)(H2,91,92,93);4-6H2,1-3H3/t67-,68-,69-,70-,77+,78-,79-,80-;/m1./s1. The second kappa shape index (κ2) is 74.2. The van der Waals surface area contributed by atoms with E-state index in [1.54, 1.807) is 0 Å². The number of carbonyl (C=O) groups is 6. The zero-order valence-electron chi connectivity index (χ0n) is 70.2. The Morgan fingerprint density at radius 3 is 0.925 bits per heavy atom. The van der Waals surface area contributed by atoms with E-state index in [9.17, 15) is 48.2 Å². The molecule has 1 saturated heterocycles. The van der Waals surface area contributed by atoms with Crippen LogP contribution in [0.4, 0.5) is 0 Å². The maximum absolute atomic E-state index is 14.8. The Labute approximate surface area is 654 Å². The maximum Gasteiger partial charge on any atom is 0.470 e. The van der Waals surface area contributed by atoms with Crippen molar-refractivity contribution in [3.8, 4) is 0 Å². The minimum atomic E-state index is -5.42. The summed E-state index contributed by atoms with van der Waals surface area (Å²) >= 11 is 0. The molecular weight excluding hydrogens is 1380 g/mol. The highest BCUT2D eigenvalue weighted by Gasteiger charge is 2.51. The summed E-state index contributed by atoms with van der Waals surface area (Å²) in [6.45, 7) is 22.1. The van der Waals surface area contributed by atoms with E-state index in [0.29, 0.717) is 44.9 Å². The molecule has 1 fully saturated rings. The molecule has 0 aromatic heterocycles. The predicted molar refractivity (Wildman–Crippen MR) is 436 cm³/mol. The van der Waals surface area contributed by atoms with Gasteiger partial charge in [-0.25, -0.2) is 4.57 Å². The number of nitrogens with one attached hydrogen (secondary N) is 3. The molecule has 0 spiro atoms. The van der Waals surface area contributed by atoms with Gasteiger partial charge < -0.3 is 59.4 Å². The minimum Gasteiger partial charge on any atom is -0.462 e. The fraction of sp³-hybridized carbons (Fsp3) is 0.930. The Bertz CT molecular complexity index is 2130. The summed E-state index contributed by atoms with van der Waals surface area (Å²) in [5.41, 5.74) is 0. The molecule has 1 aliphatic heterocycles. The van der Waals surface area contributed by atoms with Crippen molar-refractivity contribution >= 4 is 43.5 Å². The van der Waals surface area contributed by atoms with E-state index >= 15 is 0 Å². The van der Waals surface area contributed by atoms with E-state index in [-0.39, 0.29) is 63.6 Å². The Kier molecular flexibility index (Phi) is 72.0. The van der Waals surface area contributed by atoms with Gasteiger partial charge in [0, 0.05) is 25.8 Å². The van der Waals surface area contributed by atoms with Gasteiger partial charge in [-0.1, -0.05) is 332 Å². The minimum absolute atomic E-state index is 0.0706. The van der Waals surface area contributed by atoms with Gasteiger partial charge in [-0.15, -0.1) is 0 Å². The lowest BCUT2D eigenvalue weighted by molar-refractivity contribution is -0.247. The van der Waals surface area contributed by atoms with Crippen molar-refractivity contribution in [3.63, 3.8) is 0 Å². The third-order valence-electron chi connectivity index (χ3n) is 20.8. The van der Waals surface area contributed by atoms with Crippen LogP contribution in [0.15, 0.2) is 0 Å². The highest BCUT2D eigenvalue weighted by molar-refractivity contribution is 7.46. The molecule has 21 heteroatoms. The number of hydrogen-bond acceptors (Lipinski definition) is 15. The first-order valence-electron chi connectivity index (χ1n) is 44.7. The van der Waals surface area contributed by atoms with E-state index in [4.69, 9.17) is 28.2 Å². The third-order valence-corrected chi connectivity index (χ3v) is 21.3. The van der Waals surface area contributed by atoms with Crippen LogP contribution in [-0.4, -0.2) is 144 Å². The van der Waals surface area contributed by atoms with Crippen LogP contribution in [0.1, 0.15) is 428 Å². The first-order chi connectivity index (χ1) is 51.9. The van der Waals surface area contributed by atoms with Crippen molar-refractivity contribution < 1.29 is 76.4 Å². The van der Waals surface area contributed by atoms with Gasteiger partial charge in [0.25, 0.3) is 0 Å². The van der Waals surface area contributed by atoms with Gasteiger partial charge in [-0.2, -0.15) is 0 Å². The van der Waals surface area contributed by atoms with E-state index < -0.39 is 87.1 Å². The fourth-order valence-electron chi connectivity index (χ4n) is 14.1. The molecule has 1 aliphatic rings. The number of phosphoric ester groups is 1. The third kappa shape index (κ3) is 62.9. The molecule has 0 bridgehead atoms. The number of rotatable bonds is 75. The number of aliphatic hydroxyl groups is 1. The maximum atomic E-state index is 14.8. The SMILES string of the molecule is CCCCCCCCCCC[C@H](CC(=O)NCCO[C@@H]1O[C@H](CO)[C@@H](OP(=O)(O)O)[C@@H](NC(=O)C[C@@H](CCCCCCCCCCC)OC(=O)CCCCCCCCC)[C@H]1NC(=O)C[C@@H](CCCCCCCCCCC)OC(=O)CCCCCCCCC)OC(=O)CCCCCCCCC.CCN(CC)CC. The second-order valence-electron chi connectivity index (χ2n) is 30.7. The molecule has 0 saturated carbocycles. The predicted octanol–water partition coefficient (Wildman–Crippen LogP) is 20.7. The number of ether oxygens (including phenoxy) is 5. The zero-order valence-corrected chi connectivity index (χ0v) is 71.1. The molecule has 107 heavy (non-hydrogen) atoms. The summed E-state index contributed by atoms with van der Waals surface area (Å²) in [6.07, 6.45) is 44.9. The van der Waals surface area contributed by atoms with Crippen LogP contribution < -0.4 is 16.0 Å². The summed E-state index contributed by atoms with van der Waals surface area (Å²) in [6, 6.07) is -3.00. The van der Waals surface area contributed by atoms with Crippen LogP contribution in [0.25, 0.3) is 0 Å². The number of amides is 3. The topological polar surface area (TPSA) is 275 Å². The molecule has 8 atom stereocenters. The first kappa shape index (κ1) is 104. The van der Waals surface area contributed by atoms with E-state index in [1.807, 2.05) is 0 Å². The van der Waals surface area contributed by atoms with Gasteiger partial charge in [0.15, 0.2) is 6.29 Å². The average molecular weight is 1540 g/mol. The van der Waals surface area contributed by atoms with Crippen LogP contribution in [0.5, 0.6) is 0 Å². The fourth-order valence-corrected chi connectivity index (χ4v) is 14.7. The normalized spacial score (nSPS) is 16.7. The van der Waals surface area contributed by atoms with E-state index in [1.165, 1.54) is 135 Å². The summed E-state index contributed by atoms with van der Waals surface area (Å²) in [7, 11) is -5.42. The van der Waals surface area contributed by atoms with Crippen LogP contribution in [0.2, 0.25) is 0 Å². The van der Waals surface area contributed by atoms with E-state index in [2.05, 4.69) is 83.2 Å². The Morgan fingerprint density at radius 2 is 0.654 bits per heavy atom. The number of aliphatic hydroxyl groups excluding tert-OH is 1. The lowest BCUT2D eigenvalue weighted by atomic mass is 9.93. The highest BCUT2D eigenvalue weighted by Crippen LogP contribution is 2.42. The summed E-state index contributed by atoms with van der Waals surface area (Å²) in [5.74, 6) is -2.85. The molecule has 1 heterocycles. The van der Waals surface area contributed by atoms with Gasteiger partial charge in [-0.05, 0) is 77.4 Å². The molecule has 632 valence electrons. The van der Waals surface area contributed by atoms with Gasteiger partial charge in [0.2, 0.25) is 17.7 Å². The molecule has 0 radical (unpaired) electrons. The van der Waals surface area contributed by atoms with Gasteiger partial charge >= 0.3 is 25.7 Å². The lowest BCUT2D eigenvalue weighted by Crippen LogP contribution is -2.70. The van der Waals surface area contributed by atoms with Crippen molar-refractivity contribution in [2.75, 3.05) is 39.4 Å². The Hall–Kier alpha value is -3.23. The number of esters is 3. The molecule has 0 aromatic carbocycles. The van der Waals surface area contributed by atoms with Crippen molar-refractivity contribution in [3.05, 3.63) is 0 Å². The van der Waals surface area contributed by atoms with Crippen molar-refractivity contribution in [2.45, 2.75) is 477 Å². The van der Waals surface area contributed by atoms with Crippen LogP contribution in [-0.2, 0) is 61.5 Å². The molecule has 0 unspecified atom stereocenters. The Balaban J connectivity index is 0.0000152. The van der Waals surface area contributed by atoms with Crippen molar-refractivity contribution in [1.29, 1.82) is 0 Å². The Morgan fingerprint density at radius 1 is 0.383 bits per heavy atom. The number of unbranched alkanes of at least 4 members (excludes halogenated alkanes) is 42. The van der Waals surface area contributed by atoms with Gasteiger partial charge in [0.05, 0.1) is 38.5 Å². The molecule has 6 N–H and O–H groups in total. The number of phosphoric acid groups is 1.